The van der Waals surface area contributed by atoms with Crippen LogP contribution in [0.4, 0.5) is 0 Å². The number of hydrogen-bond donors (Lipinski definition) is 0. The van der Waals surface area contributed by atoms with Crippen LogP contribution in [0.25, 0.3) is 0 Å². The molecule has 2 aliphatic rings. The third kappa shape index (κ3) is 2.30. The minimum absolute atomic E-state index is 0.341. The second-order valence-corrected chi connectivity index (χ2v) is 4.88. The standard InChI is InChI=1S/C13H22O3/c1-3-15-13(16-4-2)9-12(13)10-6-5-7-11(14)8-10/h10,12H,3-9H2,1-2H3. The molecule has 0 heterocycles. The highest BCUT2D eigenvalue weighted by molar-refractivity contribution is 5.79. The zero-order chi connectivity index (χ0) is 11.6. The van der Waals surface area contributed by atoms with Crippen LogP contribution in [0, 0.1) is 11.8 Å². The highest BCUT2D eigenvalue weighted by atomic mass is 16.7. The van der Waals surface area contributed by atoms with Gasteiger partial charge in [0.1, 0.15) is 5.78 Å². The van der Waals surface area contributed by atoms with Crippen LogP contribution in [0.15, 0.2) is 0 Å². The lowest BCUT2D eigenvalue weighted by molar-refractivity contribution is -0.176. The minimum atomic E-state index is -0.341. The predicted octanol–water partition coefficient (Wildman–Crippen LogP) is 2.53. The van der Waals surface area contributed by atoms with Gasteiger partial charge in [-0.3, -0.25) is 4.79 Å². The van der Waals surface area contributed by atoms with Crippen molar-refractivity contribution in [2.75, 3.05) is 13.2 Å². The van der Waals surface area contributed by atoms with Gasteiger partial charge in [-0.1, -0.05) is 0 Å². The first-order valence-corrected chi connectivity index (χ1v) is 6.51. The normalized spacial score (nSPS) is 32.8. The molecule has 16 heavy (non-hydrogen) atoms. The van der Waals surface area contributed by atoms with Crippen molar-refractivity contribution in [1.82, 2.24) is 0 Å². The van der Waals surface area contributed by atoms with E-state index in [1.165, 1.54) is 0 Å². The summed E-state index contributed by atoms with van der Waals surface area (Å²) in [4.78, 5) is 11.5. The Morgan fingerprint density at radius 1 is 1.31 bits per heavy atom. The Hall–Kier alpha value is -0.410. The summed E-state index contributed by atoms with van der Waals surface area (Å²) in [6, 6.07) is 0. The van der Waals surface area contributed by atoms with E-state index in [4.69, 9.17) is 9.47 Å². The lowest BCUT2D eigenvalue weighted by Gasteiger charge is -2.25. The molecule has 0 aliphatic heterocycles. The zero-order valence-electron chi connectivity index (χ0n) is 10.3. The van der Waals surface area contributed by atoms with Crippen molar-refractivity contribution in [2.24, 2.45) is 11.8 Å². The lowest BCUT2D eigenvalue weighted by atomic mass is 9.84. The van der Waals surface area contributed by atoms with Gasteiger partial charge < -0.3 is 9.47 Å². The van der Waals surface area contributed by atoms with Crippen molar-refractivity contribution < 1.29 is 14.3 Å². The molecule has 0 N–H and O–H groups in total. The number of carbonyl (C=O) groups excluding carboxylic acids is 1. The van der Waals surface area contributed by atoms with Gasteiger partial charge in [0.05, 0.1) is 0 Å². The topological polar surface area (TPSA) is 35.5 Å². The van der Waals surface area contributed by atoms with Crippen molar-refractivity contribution in [2.45, 2.75) is 51.7 Å². The number of ether oxygens (including phenoxy) is 2. The van der Waals surface area contributed by atoms with Gasteiger partial charge in [0.25, 0.3) is 0 Å². The van der Waals surface area contributed by atoms with Crippen LogP contribution < -0.4 is 0 Å². The van der Waals surface area contributed by atoms with E-state index in [9.17, 15) is 4.79 Å². The molecule has 0 aromatic carbocycles. The molecule has 2 saturated carbocycles. The molecular formula is C13H22O3. The first kappa shape index (κ1) is 12.1. The first-order valence-electron chi connectivity index (χ1n) is 6.51. The smallest absolute Gasteiger partial charge is 0.171 e. The molecule has 3 nitrogen and oxygen atoms in total. The Labute approximate surface area is 97.5 Å². The highest BCUT2D eigenvalue weighted by Crippen LogP contribution is 2.55. The van der Waals surface area contributed by atoms with E-state index in [2.05, 4.69) is 0 Å². The number of carbonyl (C=O) groups is 1. The maximum atomic E-state index is 11.5. The summed E-state index contributed by atoms with van der Waals surface area (Å²) >= 11 is 0. The van der Waals surface area contributed by atoms with Gasteiger partial charge in [0, 0.05) is 38.4 Å². The average molecular weight is 226 g/mol. The molecular weight excluding hydrogens is 204 g/mol. The third-order valence-corrected chi connectivity index (χ3v) is 3.78. The molecule has 0 spiro atoms. The molecule has 0 bridgehead atoms. The SMILES string of the molecule is CCOC1(OCC)CC1C1CCCC(=O)C1. The maximum absolute atomic E-state index is 11.5. The minimum Gasteiger partial charge on any atom is -0.350 e. The van der Waals surface area contributed by atoms with Crippen LogP contribution in [0.2, 0.25) is 0 Å². The summed E-state index contributed by atoms with van der Waals surface area (Å²) in [5.41, 5.74) is 0. The zero-order valence-corrected chi connectivity index (χ0v) is 10.3. The summed E-state index contributed by atoms with van der Waals surface area (Å²) in [6.07, 6.45) is 4.71. The van der Waals surface area contributed by atoms with Crippen molar-refractivity contribution in [3.63, 3.8) is 0 Å². The van der Waals surface area contributed by atoms with E-state index in [0.29, 0.717) is 30.8 Å². The van der Waals surface area contributed by atoms with Gasteiger partial charge in [0.2, 0.25) is 0 Å². The van der Waals surface area contributed by atoms with Gasteiger partial charge >= 0.3 is 0 Å². The van der Waals surface area contributed by atoms with Gasteiger partial charge in [-0.25, -0.2) is 0 Å². The van der Waals surface area contributed by atoms with E-state index >= 15 is 0 Å². The van der Waals surface area contributed by atoms with Gasteiger partial charge in [0.15, 0.2) is 5.79 Å². The van der Waals surface area contributed by atoms with Gasteiger partial charge in [-0.05, 0) is 32.6 Å². The average Bonchev–Trinajstić information content (AvgIpc) is 2.94. The lowest BCUT2D eigenvalue weighted by Crippen LogP contribution is -2.27. The molecule has 0 aromatic heterocycles. The second-order valence-electron chi connectivity index (χ2n) is 4.88. The molecule has 0 amide bonds. The predicted molar refractivity (Wildman–Crippen MR) is 61.1 cm³/mol. The van der Waals surface area contributed by atoms with E-state index in [1.54, 1.807) is 0 Å². The van der Waals surface area contributed by atoms with E-state index in [0.717, 1.165) is 32.1 Å². The van der Waals surface area contributed by atoms with Gasteiger partial charge in [-0.2, -0.15) is 0 Å². The maximum Gasteiger partial charge on any atom is 0.171 e. The Morgan fingerprint density at radius 3 is 2.56 bits per heavy atom. The van der Waals surface area contributed by atoms with Crippen LogP contribution in [0.3, 0.4) is 0 Å². The van der Waals surface area contributed by atoms with Crippen LogP contribution in [-0.4, -0.2) is 24.8 Å². The Bertz CT molecular complexity index is 256. The quantitative estimate of drug-likeness (QED) is 0.676. The Morgan fingerprint density at radius 2 is 2.00 bits per heavy atom. The molecule has 0 radical (unpaired) electrons. The summed E-state index contributed by atoms with van der Waals surface area (Å²) in [5, 5.41) is 0. The fourth-order valence-electron chi connectivity index (χ4n) is 3.04. The van der Waals surface area contributed by atoms with Gasteiger partial charge in [-0.15, -0.1) is 0 Å². The monoisotopic (exact) mass is 226 g/mol. The Kier molecular flexibility index (Phi) is 3.65. The van der Waals surface area contributed by atoms with Crippen LogP contribution in [-0.2, 0) is 14.3 Å². The molecule has 2 rings (SSSR count). The molecule has 3 heteroatoms. The molecule has 92 valence electrons. The van der Waals surface area contributed by atoms with Crippen LogP contribution in [0.1, 0.15) is 46.0 Å². The van der Waals surface area contributed by atoms with Crippen molar-refractivity contribution in [3.05, 3.63) is 0 Å². The van der Waals surface area contributed by atoms with Crippen LogP contribution in [0.5, 0.6) is 0 Å². The summed E-state index contributed by atoms with van der Waals surface area (Å²) in [7, 11) is 0. The number of ketones is 1. The fourth-order valence-corrected chi connectivity index (χ4v) is 3.04. The number of hydrogen-bond acceptors (Lipinski definition) is 3. The summed E-state index contributed by atoms with van der Waals surface area (Å²) in [6.45, 7) is 5.39. The molecule has 2 atom stereocenters. The first-order chi connectivity index (χ1) is 7.72. The van der Waals surface area contributed by atoms with E-state index in [-0.39, 0.29) is 5.79 Å². The molecule has 2 fully saturated rings. The molecule has 0 saturated heterocycles. The molecule has 2 unspecified atom stereocenters. The fraction of sp³-hybridized carbons (Fsp3) is 0.923. The van der Waals surface area contributed by atoms with Crippen molar-refractivity contribution >= 4 is 5.78 Å². The van der Waals surface area contributed by atoms with E-state index in [1.807, 2.05) is 13.8 Å². The summed E-state index contributed by atoms with van der Waals surface area (Å²) in [5.74, 6) is 1.03. The molecule has 2 aliphatic carbocycles. The third-order valence-electron chi connectivity index (χ3n) is 3.78. The number of Topliss-reactive ketones (excluding diaryl/α,β-unsaturated/α-hetero) is 1. The van der Waals surface area contributed by atoms with E-state index < -0.39 is 0 Å². The number of rotatable bonds is 5. The summed E-state index contributed by atoms with van der Waals surface area (Å²) < 4.78 is 11.5. The Balaban J connectivity index is 1.93. The highest BCUT2D eigenvalue weighted by Gasteiger charge is 2.60. The van der Waals surface area contributed by atoms with Crippen molar-refractivity contribution in [3.8, 4) is 0 Å². The van der Waals surface area contributed by atoms with Crippen molar-refractivity contribution in [1.29, 1.82) is 0 Å². The second kappa shape index (κ2) is 4.84. The largest absolute Gasteiger partial charge is 0.350 e. The van der Waals surface area contributed by atoms with Crippen LogP contribution >= 0.6 is 0 Å². The molecule has 0 aromatic rings.